The first kappa shape index (κ1) is 13.2. The highest BCUT2D eigenvalue weighted by molar-refractivity contribution is 5.97. The van der Waals surface area contributed by atoms with Crippen LogP contribution in [-0.4, -0.2) is 43.3 Å². The Labute approximate surface area is 118 Å². The second-order valence-corrected chi connectivity index (χ2v) is 5.28. The van der Waals surface area contributed by atoms with Crippen molar-refractivity contribution in [2.24, 2.45) is 0 Å². The molecule has 3 heterocycles. The minimum Gasteiger partial charge on any atom is -0.469 e. The third-order valence-corrected chi connectivity index (χ3v) is 3.76. The van der Waals surface area contributed by atoms with Gasteiger partial charge < -0.3 is 20.1 Å². The van der Waals surface area contributed by atoms with E-state index in [1.807, 2.05) is 6.07 Å². The molecule has 2 saturated heterocycles. The number of nitrogen functional groups attached to an aromatic ring is 1. The van der Waals surface area contributed by atoms with E-state index in [1.54, 1.807) is 6.20 Å². The number of hydrogen-bond acceptors (Lipinski definition) is 6. The Bertz CT molecular complexity index is 496. The summed E-state index contributed by atoms with van der Waals surface area (Å²) in [5, 5.41) is 8.03. The van der Waals surface area contributed by atoms with Crippen LogP contribution in [0.5, 0.6) is 0 Å². The Morgan fingerprint density at radius 1 is 1.35 bits per heavy atom. The van der Waals surface area contributed by atoms with E-state index in [9.17, 15) is 0 Å². The van der Waals surface area contributed by atoms with Crippen molar-refractivity contribution in [3.05, 3.63) is 17.8 Å². The molecule has 2 aliphatic heterocycles. The van der Waals surface area contributed by atoms with Gasteiger partial charge in [-0.15, -0.1) is 0 Å². The first-order chi connectivity index (χ1) is 9.74. The number of nitrogens with zero attached hydrogens (tertiary/aromatic N) is 2. The fourth-order valence-corrected chi connectivity index (χ4v) is 2.48. The molecule has 1 aromatic rings. The van der Waals surface area contributed by atoms with Crippen LogP contribution in [0.3, 0.4) is 0 Å². The lowest BCUT2D eigenvalue weighted by Crippen LogP contribution is -2.38. The third kappa shape index (κ3) is 2.70. The van der Waals surface area contributed by atoms with Gasteiger partial charge in [0.15, 0.2) is 0 Å². The van der Waals surface area contributed by atoms with Gasteiger partial charge in [-0.2, -0.15) is 0 Å². The van der Waals surface area contributed by atoms with Crippen LogP contribution in [0.2, 0.25) is 0 Å². The summed E-state index contributed by atoms with van der Waals surface area (Å²) in [6, 6.07) is 1.91. The van der Waals surface area contributed by atoms with Crippen molar-refractivity contribution in [3.63, 3.8) is 0 Å². The second kappa shape index (κ2) is 5.66. The van der Waals surface area contributed by atoms with E-state index < -0.39 is 0 Å². The van der Waals surface area contributed by atoms with E-state index in [0.29, 0.717) is 24.6 Å². The van der Waals surface area contributed by atoms with Crippen LogP contribution in [-0.2, 0) is 9.47 Å². The largest absolute Gasteiger partial charge is 0.469 e. The summed E-state index contributed by atoms with van der Waals surface area (Å²) in [5.74, 6) is 0.429. The lowest BCUT2D eigenvalue weighted by atomic mass is 10.1. The van der Waals surface area contributed by atoms with E-state index in [2.05, 4.69) is 9.88 Å². The molecular formula is C14H20N4O2. The van der Waals surface area contributed by atoms with Crippen molar-refractivity contribution in [1.82, 2.24) is 4.98 Å². The van der Waals surface area contributed by atoms with Crippen LogP contribution in [0.1, 0.15) is 24.8 Å². The number of anilines is 2. The number of rotatable bonds is 3. The number of ether oxygens (including phenoxy) is 2. The number of aromatic nitrogens is 1. The van der Waals surface area contributed by atoms with Crippen molar-refractivity contribution in [3.8, 4) is 0 Å². The molecule has 6 heteroatoms. The maximum atomic E-state index is 8.03. The average molecular weight is 276 g/mol. The molecule has 0 atom stereocenters. The molecule has 0 saturated carbocycles. The van der Waals surface area contributed by atoms with Crippen molar-refractivity contribution in [1.29, 1.82) is 5.41 Å². The molecule has 0 bridgehead atoms. The molecule has 0 amide bonds. The summed E-state index contributed by atoms with van der Waals surface area (Å²) in [6.07, 6.45) is 5.44. The van der Waals surface area contributed by atoms with Crippen molar-refractivity contribution in [2.45, 2.75) is 25.4 Å². The predicted octanol–water partition coefficient (Wildman–Crippen LogP) is 1.39. The zero-order valence-electron chi connectivity index (χ0n) is 11.5. The fourth-order valence-electron chi connectivity index (χ4n) is 2.48. The van der Waals surface area contributed by atoms with Crippen molar-refractivity contribution < 1.29 is 9.47 Å². The van der Waals surface area contributed by atoms with Gasteiger partial charge in [0.1, 0.15) is 11.9 Å². The van der Waals surface area contributed by atoms with Gasteiger partial charge in [-0.25, -0.2) is 4.98 Å². The van der Waals surface area contributed by atoms with Crippen molar-refractivity contribution in [2.75, 3.05) is 36.9 Å². The Balaban J connectivity index is 1.76. The molecule has 1 aromatic heterocycles. The molecule has 2 aliphatic rings. The highest BCUT2D eigenvalue weighted by Gasteiger charge is 2.23. The second-order valence-electron chi connectivity index (χ2n) is 5.28. The molecule has 3 rings (SSSR count). The molecule has 2 fully saturated rings. The maximum Gasteiger partial charge on any atom is 0.217 e. The number of pyridine rings is 1. The predicted molar refractivity (Wildman–Crippen MR) is 77.2 cm³/mol. The van der Waals surface area contributed by atoms with Gasteiger partial charge >= 0.3 is 0 Å². The monoisotopic (exact) mass is 276 g/mol. The van der Waals surface area contributed by atoms with E-state index in [1.165, 1.54) is 19.3 Å². The molecule has 0 aromatic carbocycles. The van der Waals surface area contributed by atoms with Gasteiger partial charge in [0, 0.05) is 13.1 Å². The van der Waals surface area contributed by atoms with Crippen LogP contribution in [0, 0.1) is 5.41 Å². The SMILES string of the molecule is N=C(OC1COC1)c1cc(N2CCCCC2)cnc1N. The van der Waals surface area contributed by atoms with E-state index in [0.717, 1.165) is 18.8 Å². The summed E-state index contributed by atoms with van der Waals surface area (Å²) in [5.41, 5.74) is 7.46. The summed E-state index contributed by atoms with van der Waals surface area (Å²) in [4.78, 5) is 6.50. The van der Waals surface area contributed by atoms with E-state index >= 15 is 0 Å². The molecule has 20 heavy (non-hydrogen) atoms. The third-order valence-electron chi connectivity index (χ3n) is 3.76. The minimum absolute atomic E-state index is 0.0273. The zero-order valence-corrected chi connectivity index (χ0v) is 11.5. The Kier molecular flexibility index (Phi) is 3.73. The first-order valence-electron chi connectivity index (χ1n) is 7.08. The fraction of sp³-hybridized carbons (Fsp3) is 0.571. The van der Waals surface area contributed by atoms with Crippen LogP contribution in [0.15, 0.2) is 12.3 Å². The summed E-state index contributed by atoms with van der Waals surface area (Å²) in [6.45, 7) is 3.16. The van der Waals surface area contributed by atoms with Gasteiger partial charge in [0.25, 0.3) is 0 Å². The Morgan fingerprint density at radius 2 is 2.10 bits per heavy atom. The highest BCUT2D eigenvalue weighted by Crippen LogP contribution is 2.23. The molecular weight excluding hydrogens is 256 g/mol. The van der Waals surface area contributed by atoms with Crippen LogP contribution >= 0.6 is 0 Å². The Hall–Kier alpha value is -1.82. The van der Waals surface area contributed by atoms with E-state index in [4.69, 9.17) is 20.6 Å². The van der Waals surface area contributed by atoms with Gasteiger partial charge in [-0.1, -0.05) is 0 Å². The topological polar surface area (TPSA) is 84.5 Å². The van der Waals surface area contributed by atoms with Crippen LogP contribution in [0.4, 0.5) is 11.5 Å². The van der Waals surface area contributed by atoms with Gasteiger partial charge in [0.05, 0.1) is 30.7 Å². The Morgan fingerprint density at radius 3 is 2.75 bits per heavy atom. The zero-order chi connectivity index (χ0) is 13.9. The molecule has 0 unspecified atom stereocenters. The van der Waals surface area contributed by atoms with Crippen LogP contribution < -0.4 is 10.6 Å². The van der Waals surface area contributed by atoms with Crippen LogP contribution in [0.25, 0.3) is 0 Å². The molecule has 3 N–H and O–H groups in total. The maximum absolute atomic E-state index is 8.03. The number of piperidine rings is 1. The standard InChI is InChI=1S/C14H20N4O2/c15-13-12(14(16)20-11-8-19-9-11)6-10(7-17-13)18-4-2-1-3-5-18/h6-7,11,16H,1-5,8-9H2,(H2,15,17). The average Bonchev–Trinajstić information content (AvgIpc) is 2.44. The smallest absolute Gasteiger partial charge is 0.217 e. The summed E-state index contributed by atoms with van der Waals surface area (Å²) < 4.78 is 10.6. The first-order valence-corrected chi connectivity index (χ1v) is 7.08. The quantitative estimate of drug-likeness (QED) is 0.644. The molecule has 6 nitrogen and oxygen atoms in total. The molecule has 108 valence electrons. The van der Waals surface area contributed by atoms with Crippen molar-refractivity contribution >= 4 is 17.4 Å². The minimum atomic E-state index is -0.0273. The highest BCUT2D eigenvalue weighted by atomic mass is 16.6. The summed E-state index contributed by atoms with van der Waals surface area (Å²) >= 11 is 0. The van der Waals surface area contributed by atoms with E-state index in [-0.39, 0.29) is 12.0 Å². The summed E-state index contributed by atoms with van der Waals surface area (Å²) in [7, 11) is 0. The molecule has 0 spiro atoms. The molecule has 0 aliphatic carbocycles. The lowest BCUT2D eigenvalue weighted by Gasteiger charge is -2.29. The molecule has 0 radical (unpaired) electrons. The number of nitrogens with two attached hydrogens (primary N) is 1. The van der Waals surface area contributed by atoms with Gasteiger partial charge in [-0.3, -0.25) is 5.41 Å². The van der Waals surface area contributed by atoms with Gasteiger partial charge in [0.2, 0.25) is 5.90 Å². The lowest BCUT2D eigenvalue weighted by molar-refractivity contribution is -0.0859. The number of hydrogen-bond donors (Lipinski definition) is 2. The van der Waals surface area contributed by atoms with Gasteiger partial charge in [-0.05, 0) is 25.3 Å². The normalized spacial score (nSPS) is 19.5. The number of nitrogens with one attached hydrogen (secondary N) is 1.